The minimum atomic E-state index is -3.59. The van der Waals surface area contributed by atoms with Crippen molar-refractivity contribution in [2.75, 3.05) is 24.3 Å². The molecule has 0 amide bonds. The second kappa shape index (κ2) is 6.13. The Hall–Kier alpha value is -0.760. The summed E-state index contributed by atoms with van der Waals surface area (Å²) in [6.45, 7) is 1.98. The summed E-state index contributed by atoms with van der Waals surface area (Å²) in [4.78, 5) is 13.8. The normalized spacial score (nSPS) is 25.8. The predicted octanol–water partition coefficient (Wildman–Crippen LogP) is -0.450. The Morgan fingerprint density at radius 2 is 1.89 bits per heavy atom. The van der Waals surface area contributed by atoms with Crippen LogP contribution in [0.5, 0.6) is 0 Å². The van der Waals surface area contributed by atoms with Gasteiger partial charge in [-0.05, 0) is 19.8 Å². The summed E-state index contributed by atoms with van der Waals surface area (Å²) in [5, 5.41) is 0. The highest BCUT2D eigenvalue weighted by molar-refractivity contribution is 7.93. The van der Waals surface area contributed by atoms with Crippen molar-refractivity contribution >= 4 is 25.9 Å². The molecule has 1 aliphatic rings. The molecule has 0 aromatic rings. The standard InChI is InChI=1S/C10H18N2O5S2/c1-9-7-10(11-8-13)3-4-12(9)19(16,17)6-5-18(2,14)15/h9-10H,3-7H2,1-2H3. The van der Waals surface area contributed by atoms with Crippen LogP contribution in [0.2, 0.25) is 0 Å². The fourth-order valence-electron chi connectivity index (χ4n) is 2.10. The molecule has 1 heterocycles. The van der Waals surface area contributed by atoms with Crippen molar-refractivity contribution < 1.29 is 21.6 Å². The van der Waals surface area contributed by atoms with Crippen molar-refractivity contribution in [2.24, 2.45) is 4.99 Å². The first-order chi connectivity index (χ1) is 8.65. The van der Waals surface area contributed by atoms with E-state index in [2.05, 4.69) is 4.99 Å². The molecule has 1 rings (SSSR count). The first kappa shape index (κ1) is 16.3. The second-order valence-electron chi connectivity index (χ2n) is 4.80. The third-order valence-corrected chi connectivity index (χ3v) is 6.27. The molecule has 0 radical (unpaired) electrons. The summed E-state index contributed by atoms with van der Waals surface area (Å²) >= 11 is 0. The number of carbonyl (C=O) groups excluding carboxylic acids is 1. The number of hydrogen-bond acceptors (Lipinski definition) is 6. The van der Waals surface area contributed by atoms with Gasteiger partial charge in [-0.2, -0.15) is 4.31 Å². The van der Waals surface area contributed by atoms with Crippen molar-refractivity contribution in [3.8, 4) is 0 Å². The van der Waals surface area contributed by atoms with E-state index in [0.29, 0.717) is 12.8 Å². The minimum absolute atomic E-state index is 0.200. The van der Waals surface area contributed by atoms with E-state index in [-0.39, 0.29) is 24.4 Å². The molecule has 2 unspecified atom stereocenters. The number of isocyanates is 1. The highest BCUT2D eigenvalue weighted by Gasteiger charge is 2.33. The van der Waals surface area contributed by atoms with E-state index in [1.165, 1.54) is 10.4 Å². The van der Waals surface area contributed by atoms with Crippen LogP contribution >= 0.6 is 0 Å². The molecule has 110 valence electrons. The van der Waals surface area contributed by atoms with Crippen molar-refractivity contribution in [3.63, 3.8) is 0 Å². The van der Waals surface area contributed by atoms with Crippen LogP contribution in [0.15, 0.2) is 4.99 Å². The van der Waals surface area contributed by atoms with E-state index < -0.39 is 25.6 Å². The zero-order chi connectivity index (χ0) is 14.7. The summed E-state index contributed by atoms with van der Waals surface area (Å²) in [7, 11) is -6.90. The van der Waals surface area contributed by atoms with E-state index in [0.717, 1.165) is 6.26 Å². The molecule has 0 aliphatic carbocycles. The Kier molecular flexibility index (Phi) is 5.26. The number of sulfone groups is 1. The summed E-state index contributed by atoms with van der Waals surface area (Å²) in [6.07, 6.45) is 3.40. The molecule has 1 saturated heterocycles. The molecule has 7 nitrogen and oxygen atoms in total. The lowest BCUT2D eigenvalue weighted by molar-refractivity contribution is 0.248. The molecule has 1 fully saturated rings. The van der Waals surface area contributed by atoms with Gasteiger partial charge in [0, 0.05) is 18.8 Å². The number of rotatable bonds is 5. The number of aliphatic imine (C=N–C) groups is 1. The summed E-state index contributed by atoms with van der Waals surface area (Å²) < 4.78 is 47.5. The van der Waals surface area contributed by atoms with Crippen LogP contribution in [-0.2, 0) is 24.7 Å². The molecule has 0 saturated carbocycles. The largest absolute Gasteiger partial charge is 0.235 e. The number of hydrogen-bond donors (Lipinski definition) is 0. The van der Waals surface area contributed by atoms with Gasteiger partial charge in [0.1, 0.15) is 9.84 Å². The Morgan fingerprint density at radius 3 is 2.37 bits per heavy atom. The van der Waals surface area contributed by atoms with Crippen LogP contribution in [0.1, 0.15) is 19.8 Å². The third-order valence-electron chi connectivity index (χ3n) is 3.09. The number of nitrogens with zero attached hydrogens (tertiary/aromatic N) is 2. The molecule has 0 bridgehead atoms. The maximum absolute atomic E-state index is 12.1. The van der Waals surface area contributed by atoms with E-state index in [9.17, 15) is 21.6 Å². The van der Waals surface area contributed by atoms with Crippen LogP contribution < -0.4 is 0 Å². The van der Waals surface area contributed by atoms with Crippen molar-refractivity contribution in [3.05, 3.63) is 0 Å². The third kappa shape index (κ3) is 5.02. The highest BCUT2D eigenvalue weighted by atomic mass is 32.2. The van der Waals surface area contributed by atoms with Gasteiger partial charge in [0.25, 0.3) is 0 Å². The van der Waals surface area contributed by atoms with E-state index in [1.54, 1.807) is 6.92 Å². The second-order valence-corrected chi connectivity index (χ2v) is 9.11. The Balaban J connectivity index is 2.72. The van der Waals surface area contributed by atoms with Crippen LogP contribution in [0, 0.1) is 0 Å². The predicted molar refractivity (Wildman–Crippen MR) is 70.8 cm³/mol. The quantitative estimate of drug-likeness (QED) is 0.505. The lowest BCUT2D eigenvalue weighted by atomic mass is 10.0. The molecular formula is C10H18N2O5S2. The van der Waals surface area contributed by atoms with Crippen LogP contribution in [0.4, 0.5) is 0 Å². The van der Waals surface area contributed by atoms with E-state index >= 15 is 0 Å². The lowest BCUT2D eigenvalue weighted by Crippen LogP contribution is -2.47. The zero-order valence-corrected chi connectivity index (χ0v) is 12.6. The molecule has 9 heteroatoms. The molecular weight excluding hydrogens is 292 g/mol. The van der Waals surface area contributed by atoms with Gasteiger partial charge in [-0.25, -0.2) is 26.6 Å². The number of piperidine rings is 1. The van der Waals surface area contributed by atoms with E-state index in [1.807, 2.05) is 0 Å². The fraction of sp³-hybridized carbons (Fsp3) is 0.900. The van der Waals surface area contributed by atoms with Gasteiger partial charge in [0.05, 0.1) is 17.5 Å². The maximum Gasteiger partial charge on any atom is 0.235 e. The van der Waals surface area contributed by atoms with Gasteiger partial charge in [0.2, 0.25) is 16.1 Å². The molecule has 0 N–H and O–H groups in total. The average molecular weight is 310 g/mol. The van der Waals surface area contributed by atoms with Gasteiger partial charge >= 0.3 is 0 Å². The van der Waals surface area contributed by atoms with Gasteiger partial charge in [-0.3, -0.25) is 0 Å². The molecule has 2 atom stereocenters. The van der Waals surface area contributed by atoms with Gasteiger partial charge in [-0.15, -0.1) is 0 Å². The topological polar surface area (TPSA) is 101 Å². The van der Waals surface area contributed by atoms with E-state index in [4.69, 9.17) is 0 Å². The first-order valence-corrected chi connectivity index (χ1v) is 9.57. The smallest absolute Gasteiger partial charge is 0.229 e. The van der Waals surface area contributed by atoms with Gasteiger partial charge in [0.15, 0.2) is 0 Å². The molecule has 19 heavy (non-hydrogen) atoms. The highest BCUT2D eigenvalue weighted by Crippen LogP contribution is 2.22. The van der Waals surface area contributed by atoms with Gasteiger partial charge < -0.3 is 0 Å². The molecule has 1 aliphatic heterocycles. The zero-order valence-electron chi connectivity index (χ0n) is 10.9. The summed E-state index contributed by atoms with van der Waals surface area (Å²) in [5.74, 6) is -0.785. The summed E-state index contributed by atoms with van der Waals surface area (Å²) in [5.41, 5.74) is 0. The Labute approximate surface area is 113 Å². The first-order valence-electron chi connectivity index (χ1n) is 5.90. The SMILES string of the molecule is CC1CC(N=C=O)CCN1S(=O)(=O)CCS(C)(=O)=O. The van der Waals surface area contributed by atoms with Crippen LogP contribution in [-0.4, -0.2) is 63.6 Å². The lowest BCUT2D eigenvalue weighted by Gasteiger charge is -2.34. The van der Waals surface area contributed by atoms with Crippen LogP contribution in [0.3, 0.4) is 0 Å². The summed E-state index contributed by atoms with van der Waals surface area (Å²) in [6, 6.07) is -0.491. The molecule has 0 aromatic heterocycles. The average Bonchev–Trinajstić information content (AvgIpc) is 2.26. The fourth-order valence-corrected chi connectivity index (χ4v) is 5.41. The van der Waals surface area contributed by atoms with Crippen molar-refractivity contribution in [1.29, 1.82) is 0 Å². The monoisotopic (exact) mass is 310 g/mol. The maximum atomic E-state index is 12.1. The molecule has 0 aromatic carbocycles. The van der Waals surface area contributed by atoms with Gasteiger partial charge in [-0.1, -0.05) is 0 Å². The number of sulfonamides is 1. The Morgan fingerprint density at radius 1 is 1.26 bits per heavy atom. The van der Waals surface area contributed by atoms with Crippen molar-refractivity contribution in [1.82, 2.24) is 4.31 Å². The Bertz CT molecular complexity index is 563. The minimum Gasteiger partial charge on any atom is -0.229 e. The molecule has 0 spiro atoms. The van der Waals surface area contributed by atoms with Crippen LogP contribution in [0.25, 0.3) is 0 Å². The van der Waals surface area contributed by atoms with Crippen molar-refractivity contribution in [2.45, 2.75) is 31.8 Å².